The fraction of sp³-hybridized carbons (Fsp3) is 0.733. The smallest absolute Gasteiger partial charge is 0.0333 e. The van der Waals surface area contributed by atoms with Gasteiger partial charge in [0.15, 0.2) is 0 Å². The predicted octanol–water partition coefficient (Wildman–Crippen LogP) is 3.27. The first-order valence-electron chi connectivity index (χ1n) is 7.14. The second-order valence-corrected chi connectivity index (χ2v) is 6.76. The maximum absolute atomic E-state index is 3.53. The van der Waals surface area contributed by atoms with E-state index in [9.17, 15) is 0 Å². The first kappa shape index (κ1) is 14.0. The van der Waals surface area contributed by atoms with Crippen LogP contribution in [-0.4, -0.2) is 30.6 Å². The van der Waals surface area contributed by atoms with Gasteiger partial charge in [-0.25, -0.2) is 0 Å². The normalized spacial score (nSPS) is 20.8. The molecule has 1 atom stereocenters. The Morgan fingerprint density at radius 1 is 1.50 bits per heavy atom. The van der Waals surface area contributed by atoms with E-state index in [1.165, 1.54) is 42.9 Å². The SMILES string of the molecule is Cc1ccsc1CN(CC1CCCNC1)C(C)C. The summed E-state index contributed by atoms with van der Waals surface area (Å²) in [4.78, 5) is 4.17. The molecule has 0 aromatic carbocycles. The molecule has 1 fully saturated rings. The molecule has 0 saturated carbocycles. The summed E-state index contributed by atoms with van der Waals surface area (Å²) >= 11 is 1.90. The van der Waals surface area contributed by atoms with Crippen molar-refractivity contribution in [3.63, 3.8) is 0 Å². The van der Waals surface area contributed by atoms with E-state index in [0.717, 1.165) is 12.5 Å². The molecule has 18 heavy (non-hydrogen) atoms. The van der Waals surface area contributed by atoms with Crippen LogP contribution in [0, 0.1) is 12.8 Å². The van der Waals surface area contributed by atoms with E-state index in [0.29, 0.717) is 6.04 Å². The maximum atomic E-state index is 3.53. The van der Waals surface area contributed by atoms with Gasteiger partial charge in [-0.3, -0.25) is 4.90 Å². The topological polar surface area (TPSA) is 15.3 Å². The summed E-state index contributed by atoms with van der Waals surface area (Å²) in [6, 6.07) is 2.87. The van der Waals surface area contributed by atoms with Crippen LogP contribution in [0.3, 0.4) is 0 Å². The molecule has 1 unspecified atom stereocenters. The lowest BCUT2D eigenvalue weighted by Gasteiger charge is -2.32. The van der Waals surface area contributed by atoms with E-state index in [-0.39, 0.29) is 0 Å². The summed E-state index contributed by atoms with van der Waals surface area (Å²) < 4.78 is 0. The van der Waals surface area contributed by atoms with Crippen molar-refractivity contribution >= 4 is 11.3 Å². The number of hydrogen-bond acceptors (Lipinski definition) is 3. The Labute approximate surface area is 115 Å². The van der Waals surface area contributed by atoms with Crippen molar-refractivity contribution in [2.75, 3.05) is 19.6 Å². The van der Waals surface area contributed by atoms with Crippen molar-refractivity contribution in [3.8, 4) is 0 Å². The highest BCUT2D eigenvalue weighted by Crippen LogP contribution is 2.21. The van der Waals surface area contributed by atoms with E-state index in [1.54, 1.807) is 0 Å². The van der Waals surface area contributed by atoms with Gasteiger partial charge in [-0.2, -0.15) is 0 Å². The van der Waals surface area contributed by atoms with Crippen molar-refractivity contribution in [1.82, 2.24) is 10.2 Å². The molecular formula is C15H26N2S. The van der Waals surface area contributed by atoms with Crippen molar-refractivity contribution in [1.29, 1.82) is 0 Å². The van der Waals surface area contributed by atoms with E-state index in [1.807, 2.05) is 11.3 Å². The molecule has 1 aliphatic rings. The fourth-order valence-electron chi connectivity index (χ4n) is 2.62. The summed E-state index contributed by atoms with van der Waals surface area (Å²) in [5, 5.41) is 5.74. The Bertz CT molecular complexity index is 353. The van der Waals surface area contributed by atoms with Gasteiger partial charge in [0.1, 0.15) is 0 Å². The molecule has 2 heterocycles. The lowest BCUT2D eigenvalue weighted by Crippen LogP contribution is -2.40. The van der Waals surface area contributed by atoms with Crippen LogP contribution in [0.1, 0.15) is 37.1 Å². The second kappa shape index (κ2) is 6.69. The lowest BCUT2D eigenvalue weighted by molar-refractivity contribution is 0.165. The van der Waals surface area contributed by atoms with Crippen LogP contribution in [0.4, 0.5) is 0 Å². The zero-order chi connectivity index (χ0) is 13.0. The minimum Gasteiger partial charge on any atom is -0.316 e. The number of aryl methyl sites for hydroxylation is 1. The van der Waals surface area contributed by atoms with Crippen LogP contribution in [0.5, 0.6) is 0 Å². The third-order valence-electron chi connectivity index (χ3n) is 3.94. The number of piperidine rings is 1. The molecular weight excluding hydrogens is 240 g/mol. The van der Waals surface area contributed by atoms with Gasteiger partial charge in [-0.15, -0.1) is 11.3 Å². The maximum Gasteiger partial charge on any atom is 0.0333 e. The molecule has 2 nitrogen and oxygen atoms in total. The molecule has 0 bridgehead atoms. The standard InChI is InChI=1S/C15H26N2S/c1-12(2)17(10-14-5-4-7-16-9-14)11-15-13(3)6-8-18-15/h6,8,12,14,16H,4-5,7,9-11H2,1-3H3. The average Bonchev–Trinajstić information content (AvgIpc) is 2.75. The Balaban J connectivity index is 1.93. The van der Waals surface area contributed by atoms with E-state index >= 15 is 0 Å². The Morgan fingerprint density at radius 2 is 2.33 bits per heavy atom. The fourth-order valence-corrected chi connectivity index (χ4v) is 3.55. The van der Waals surface area contributed by atoms with Gasteiger partial charge in [-0.05, 0) is 69.6 Å². The zero-order valence-corrected chi connectivity index (χ0v) is 12.7. The monoisotopic (exact) mass is 266 g/mol. The molecule has 1 aromatic rings. The number of hydrogen-bond donors (Lipinski definition) is 1. The summed E-state index contributed by atoms with van der Waals surface area (Å²) in [6.45, 7) is 11.6. The minimum atomic E-state index is 0.633. The second-order valence-electron chi connectivity index (χ2n) is 5.76. The van der Waals surface area contributed by atoms with Gasteiger partial charge in [-0.1, -0.05) is 0 Å². The molecule has 1 aromatic heterocycles. The molecule has 0 amide bonds. The average molecular weight is 266 g/mol. The number of rotatable bonds is 5. The highest BCUT2D eigenvalue weighted by molar-refractivity contribution is 7.10. The van der Waals surface area contributed by atoms with Gasteiger partial charge in [0, 0.05) is 24.0 Å². The van der Waals surface area contributed by atoms with Crippen molar-refractivity contribution in [2.24, 2.45) is 5.92 Å². The summed E-state index contributed by atoms with van der Waals surface area (Å²) in [7, 11) is 0. The molecule has 102 valence electrons. The van der Waals surface area contributed by atoms with Crippen LogP contribution in [0.25, 0.3) is 0 Å². The van der Waals surface area contributed by atoms with Crippen LogP contribution in [0.15, 0.2) is 11.4 Å². The van der Waals surface area contributed by atoms with Crippen LogP contribution in [-0.2, 0) is 6.54 Å². The predicted molar refractivity (Wildman–Crippen MR) is 80.2 cm³/mol. The molecule has 1 saturated heterocycles. The number of nitrogens with zero attached hydrogens (tertiary/aromatic N) is 1. The first-order valence-corrected chi connectivity index (χ1v) is 8.02. The highest BCUT2D eigenvalue weighted by atomic mass is 32.1. The third-order valence-corrected chi connectivity index (χ3v) is 4.94. The third kappa shape index (κ3) is 3.81. The van der Waals surface area contributed by atoms with Gasteiger partial charge >= 0.3 is 0 Å². The summed E-state index contributed by atoms with van der Waals surface area (Å²) in [6.07, 6.45) is 2.73. The summed E-state index contributed by atoms with van der Waals surface area (Å²) in [5.74, 6) is 0.835. The van der Waals surface area contributed by atoms with Crippen molar-refractivity contribution in [2.45, 2.75) is 46.2 Å². The lowest BCUT2D eigenvalue weighted by atomic mass is 9.98. The van der Waals surface area contributed by atoms with Gasteiger partial charge in [0.2, 0.25) is 0 Å². The number of thiophene rings is 1. The largest absolute Gasteiger partial charge is 0.316 e. The molecule has 0 aliphatic carbocycles. The Kier molecular flexibility index (Phi) is 5.22. The van der Waals surface area contributed by atoms with Crippen LogP contribution < -0.4 is 5.32 Å². The molecule has 2 rings (SSSR count). The highest BCUT2D eigenvalue weighted by Gasteiger charge is 2.19. The molecule has 1 N–H and O–H groups in total. The van der Waals surface area contributed by atoms with Gasteiger partial charge < -0.3 is 5.32 Å². The molecule has 0 radical (unpaired) electrons. The molecule has 3 heteroatoms. The van der Waals surface area contributed by atoms with Crippen LogP contribution >= 0.6 is 11.3 Å². The van der Waals surface area contributed by atoms with E-state index < -0.39 is 0 Å². The Hall–Kier alpha value is -0.380. The quantitative estimate of drug-likeness (QED) is 0.880. The summed E-state index contributed by atoms with van der Waals surface area (Å²) in [5.41, 5.74) is 1.45. The molecule has 0 spiro atoms. The van der Waals surface area contributed by atoms with Crippen molar-refractivity contribution < 1.29 is 0 Å². The van der Waals surface area contributed by atoms with Crippen molar-refractivity contribution in [3.05, 3.63) is 21.9 Å². The minimum absolute atomic E-state index is 0.633. The first-order chi connectivity index (χ1) is 8.66. The number of nitrogens with one attached hydrogen (secondary N) is 1. The zero-order valence-electron chi connectivity index (χ0n) is 11.9. The van der Waals surface area contributed by atoms with Gasteiger partial charge in [0.05, 0.1) is 0 Å². The Morgan fingerprint density at radius 3 is 2.89 bits per heavy atom. The molecule has 1 aliphatic heterocycles. The van der Waals surface area contributed by atoms with E-state index in [2.05, 4.69) is 42.4 Å². The van der Waals surface area contributed by atoms with Crippen LogP contribution in [0.2, 0.25) is 0 Å². The van der Waals surface area contributed by atoms with Gasteiger partial charge in [0.25, 0.3) is 0 Å². The van der Waals surface area contributed by atoms with E-state index in [4.69, 9.17) is 0 Å².